The Kier molecular flexibility index (Phi) is 6.29. The van der Waals surface area contributed by atoms with Gasteiger partial charge in [0.2, 0.25) is 0 Å². The van der Waals surface area contributed by atoms with Crippen molar-refractivity contribution in [3.63, 3.8) is 0 Å². The predicted octanol–water partition coefficient (Wildman–Crippen LogP) is 2.53. The van der Waals surface area contributed by atoms with E-state index >= 15 is 0 Å². The van der Waals surface area contributed by atoms with E-state index in [2.05, 4.69) is 18.8 Å². The number of ether oxygens (including phenoxy) is 2. The molecule has 0 spiro atoms. The smallest absolute Gasteiger partial charge is 0.358 e. The second-order valence-electron chi connectivity index (χ2n) is 4.75. The van der Waals surface area contributed by atoms with Gasteiger partial charge < -0.3 is 14.6 Å². The Balaban J connectivity index is 2.39. The maximum Gasteiger partial charge on any atom is 0.358 e. The first-order chi connectivity index (χ1) is 9.00. The van der Waals surface area contributed by atoms with E-state index in [9.17, 15) is 4.79 Å². The lowest BCUT2D eigenvalue weighted by Gasteiger charge is -2.10. The molecule has 0 atom stereocenters. The van der Waals surface area contributed by atoms with Crippen molar-refractivity contribution in [2.75, 3.05) is 19.8 Å². The van der Waals surface area contributed by atoms with E-state index in [4.69, 9.17) is 14.6 Å². The summed E-state index contributed by atoms with van der Waals surface area (Å²) in [6.45, 7) is 7.47. The lowest BCUT2D eigenvalue weighted by molar-refractivity contribution is 0.0675. The number of aryl methyl sites for hydroxylation is 1. The van der Waals surface area contributed by atoms with Gasteiger partial charge in [-0.25, -0.2) is 9.78 Å². The molecule has 0 aromatic carbocycles. The molecular formula is C14H21NO4. The minimum absolute atomic E-state index is 0.0535. The molecule has 1 N–H and O–H groups in total. The predicted molar refractivity (Wildman–Crippen MR) is 71.7 cm³/mol. The van der Waals surface area contributed by atoms with Crippen molar-refractivity contribution in [3.8, 4) is 5.75 Å². The van der Waals surface area contributed by atoms with Gasteiger partial charge in [-0.15, -0.1) is 0 Å². The molecular weight excluding hydrogens is 246 g/mol. The van der Waals surface area contributed by atoms with Crippen molar-refractivity contribution >= 4 is 5.97 Å². The SMILES string of the molecule is Cc1ccc(OCCOCCC(C)C)c(C(=O)O)n1. The zero-order valence-corrected chi connectivity index (χ0v) is 11.7. The molecule has 0 radical (unpaired) electrons. The van der Waals surface area contributed by atoms with Gasteiger partial charge in [0.25, 0.3) is 0 Å². The fourth-order valence-electron chi connectivity index (χ4n) is 1.45. The molecule has 0 bridgehead atoms. The Morgan fingerprint density at radius 3 is 2.68 bits per heavy atom. The van der Waals surface area contributed by atoms with E-state index in [1.165, 1.54) is 0 Å². The van der Waals surface area contributed by atoms with Gasteiger partial charge in [0.05, 0.1) is 6.61 Å². The Hall–Kier alpha value is -1.62. The van der Waals surface area contributed by atoms with Crippen molar-refractivity contribution in [2.45, 2.75) is 27.2 Å². The van der Waals surface area contributed by atoms with Crippen molar-refractivity contribution in [1.29, 1.82) is 0 Å². The van der Waals surface area contributed by atoms with Crippen LogP contribution in [0.25, 0.3) is 0 Å². The number of pyridine rings is 1. The lowest BCUT2D eigenvalue weighted by atomic mass is 10.1. The lowest BCUT2D eigenvalue weighted by Crippen LogP contribution is -2.12. The third-order valence-electron chi connectivity index (χ3n) is 2.52. The van der Waals surface area contributed by atoms with E-state index in [1.54, 1.807) is 19.1 Å². The van der Waals surface area contributed by atoms with Crippen LogP contribution in [0, 0.1) is 12.8 Å². The summed E-state index contributed by atoms with van der Waals surface area (Å²) in [6.07, 6.45) is 1.01. The zero-order valence-electron chi connectivity index (χ0n) is 11.7. The molecule has 5 nitrogen and oxygen atoms in total. The Labute approximate surface area is 113 Å². The van der Waals surface area contributed by atoms with Crippen molar-refractivity contribution in [1.82, 2.24) is 4.98 Å². The molecule has 0 aliphatic heterocycles. The summed E-state index contributed by atoms with van der Waals surface area (Å²) in [7, 11) is 0. The van der Waals surface area contributed by atoms with E-state index in [0.29, 0.717) is 31.4 Å². The Bertz CT molecular complexity index is 418. The number of hydrogen-bond acceptors (Lipinski definition) is 4. The number of carbonyl (C=O) groups is 1. The molecule has 106 valence electrons. The third-order valence-corrected chi connectivity index (χ3v) is 2.52. The fourth-order valence-corrected chi connectivity index (χ4v) is 1.45. The molecule has 5 heteroatoms. The molecule has 1 aromatic heterocycles. The minimum atomic E-state index is -1.08. The molecule has 1 heterocycles. The largest absolute Gasteiger partial charge is 0.489 e. The fraction of sp³-hybridized carbons (Fsp3) is 0.571. The van der Waals surface area contributed by atoms with Gasteiger partial charge in [-0.2, -0.15) is 0 Å². The van der Waals surface area contributed by atoms with Gasteiger partial charge in [0.15, 0.2) is 11.4 Å². The standard InChI is InChI=1S/C14H21NO4/c1-10(2)6-7-18-8-9-19-12-5-4-11(3)15-13(12)14(16)17/h4-5,10H,6-9H2,1-3H3,(H,16,17). The van der Waals surface area contributed by atoms with Crippen LogP contribution in [0.5, 0.6) is 5.75 Å². The highest BCUT2D eigenvalue weighted by molar-refractivity contribution is 5.88. The highest BCUT2D eigenvalue weighted by atomic mass is 16.5. The summed E-state index contributed by atoms with van der Waals surface area (Å²) < 4.78 is 10.8. The van der Waals surface area contributed by atoms with E-state index in [0.717, 1.165) is 6.42 Å². The van der Waals surface area contributed by atoms with E-state index in [1.807, 2.05) is 0 Å². The normalized spacial score (nSPS) is 10.7. The summed E-state index contributed by atoms with van der Waals surface area (Å²) in [5.41, 5.74) is 0.597. The van der Waals surface area contributed by atoms with Gasteiger partial charge in [-0.1, -0.05) is 13.8 Å². The number of carboxylic acids is 1. The number of aromatic carboxylic acids is 1. The van der Waals surface area contributed by atoms with Crippen LogP contribution in [0.15, 0.2) is 12.1 Å². The average Bonchev–Trinajstić information content (AvgIpc) is 2.34. The van der Waals surface area contributed by atoms with Crippen molar-refractivity contribution < 1.29 is 19.4 Å². The first kappa shape index (κ1) is 15.4. The highest BCUT2D eigenvalue weighted by Gasteiger charge is 2.13. The van der Waals surface area contributed by atoms with E-state index in [-0.39, 0.29) is 11.4 Å². The van der Waals surface area contributed by atoms with Crippen LogP contribution in [0.4, 0.5) is 0 Å². The summed E-state index contributed by atoms with van der Waals surface area (Å²) in [5.74, 6) is -0.189. The second-order valence-corrected chi connectivity index (χ2v) is 4.75. The van der Waals surface area contributed by atoms with Crippen LogP contribution >= 0.6 is 0 Å². The van der Waals surface area contributed by atoms with Crippen LogP contribution < -0.4 is 4.74 Å². The molecule has 1 aromatic rings. The first-order valence-corrected chi connectivity index (χ1v) is 6.42. The quantitative estimate of drug-likeness (QED) is 0.733. The number of carboxylic acid groups (broad SMARTS) is 1. The molecule has 0 aliphatic carbocycles. The van der Waals surface area contributed by atoms with Gasteiger partial charge in [0, 0.05) is 12.3 Å². The molecule has 0 fully saturated rings. The number of rotatable bonds is 8. The number of aromatic nitrogens is 1. The van der Waals surface area contributed by atoms with Crippen LogP contribution in [-0.2, 0) is 4.74 Å². The van der Waals surface area contributed by atoms with Crippen LogP contribution in [0.1, 0.15) is 36.5 Å². The van der Waals surface area contributed by atoms with Crippen LogP contribution in [0.3, 0.4) is 0 Å². The second kappa shape index (κ2) is 7.74. The number of nitrogens with zero attached hydrogens (tertiary/aromatic N) is 1. The monoisotopic (exact) mass is 267 g/mol. The molecule has 0 aliphatic rings. The Morgan fingerprint density at radius 2 is 2.05 bits per heavy atom. The number of hydrogen-bond donors (Lipinski definition) is 1. The van der Waals surface area contributed by atoms with Crippen LogP contribution in [-0.4, -0.2) is 35.9 Å². The van der Waals surface area contributed by atoms with Crippen LogP contribution in [0.2, 0.25) is 0 Å². The molecule has 0 saturated heterocycles. The summed E-state index contributed by atoms with van der Waals surface area (Å²) in [5, 5.41) is 9.02. The first-order valence-electron chi connectivity index (χ1n) is 6.42. The molecule has 0 amide bonds. The van der Waals surface area contributed by atoms with E-state index < -0.39 is 5.97 Å². The summed E-state index contributed by atoms with van der Waals surface area (Å²) in [6, 6.07) is 3.35. The van der Waals surface area contributed by atoms with Gasteiger partial charge >= 0.3 is 5.97 Å². The maximum absolute atomic E-state index is 11.0. The topological polar surface area (TPSA) is 68.7 Å². The molecule has 0 unspecified atom stereocenters. The third kappa shape index (κ3) is 5.70. The zero-order chi connectivity index (χ0) is 14.3. The van der Waals surface area contributed by atoms with Crippen molar-refractivity contribution in [2.24, 2.45) is 5.92 Å². The molecule has 19 heavy (non-hydrogen) atoms. The van der Waals surface area contributed by atoms with Gasteiger partial charge in [0.1, 0.15) is 6.61 Å². The van der Waals surface area contributed by atoms with Crippen molar-refractivity contribution in [3.05, 3.63) is 23.5 Å². The average molecular weight is 267 g/mol. The highest BCUT2D eigenvalue weighted by Crippen LogP contribution is 2.16. The maximum atomic E-state index is 11.0. The summed E-state index contributed by atoms with van der Waals surface area (Å²) in [4.78, 5) is 15.0. The minimum Gasteiger partial charge on any atom is -0.489 e. The molecule has 1 rings (SSSR count). The van der Waals surface area contributed by atoms with Gasteiger partial charge in [-0.3, -0.25) is 0 Å². The van der Waals surface area contributed by atoms with Gasteiger partial charge in [-0.05, 0) is 31.4 Å². The molecule has 0 saturated carbocycles. The summed E-state index contributed by atoms with van der Waals surface area (Å²) >= 11 is 0. The Morgan fingerprint density at radius 1 is 1.32 bits per heavy atom.